The van der Waals surface area contributed by atoms with Crippen LogP contribution in [0, 0.1) is 0 Å². The first-order valence-electron chi connectivity index (χ1n) is 11.6. The second-order valence-electron chi connectivity index (χ2n) is 8.56. The van der Waals surface area contributed by atoms with Crippen molar-refractivity contribution in [1.82, 2.24) is 19.4 Å². The number of nitrogens with one attached hydrogen (secondary N) is 1. The second-order valence-corrected chi connectivity index (χ2v) is 9.00. The van der Waals surface area contributed by atoms with Crippen molar-refractivity contribution < 1.29 is 4.79 Å². The van der Waals surface area contributed by atoms with Crippen molar-refractivity contribution in [3.8, 4) is 0 Å². The summed E-state index contributed by atoms with van der Waals surface area (Å²) in [6, 6.07) is 25.0. The lowest BCUT2D eigenvalue weighted by atomic mass is 10.2. The number of H-pyrrole nitrogens is 1. The molecule has 0 saturated heterocycles. The van der Waals surface area contributed by atoms with E-state index in [2.05, 4.69) is 26.7 Å². The van der Waals surface area contributed by atoms with Crippen molar-refractivity contribution in [3.63, 3.8) is 0 Å². The average molecular weight is 485 g/mol. The molecular formula is C28H25ClN4O2. The minimum absolute atomic E-state index is 0.104. The van der Waals surface area contributed by atoms with E-state index in [-0.39, 0.29) is 18.0 Å². The van der Waals surface area contributed by atoms with Gasteiger partial charge in [-0.25, -0.2) is 4.98 Å². The van der Waals surface area contributed by atoms with Gasteiger partial charge >= 0.3 is 0 Å². The quantitative estimate of drug-likeness (QED) is 0.325. The fourth-order valence-corrected chi connectivity index (χ4v) is 4.59. The Bertz CT molecular complexity index is 1570. The number of aromatic amines is 1. The smallest absolute Gasteiger partial charge is 0.270 e. The van der Waals surface area contributed by atoms with Crippen LogP contribution in [-0.4, -0.2) is 31.9 Å². The summed E-state index contributed by atoms with van der Waals surface area (Å²) < 4.78 is 2.06. The lowest BCUT2D eigenvalue weighted by Crippen LogP contribution is -2.34. The van der Waals surface area contributed by atoms with E-state index in [1.807, 2.05) is 55.5 Å². The highest BCUT2D eigenvalue weighted by atomic mass is 35.5. The zero-order chi connectivity index (χ0) is 24.4. The highest BCUT2D eigenvalue weighted by molar-refractivity contribution is 6.31. The minimum atomic E-state index is -0.247. The summed E-state index contributed by atoms with van der Waals surface area (Å²) in [5.74, 6) is 0.324. The summed E-state index contributed by atoms with van der Waals surface area (Å²) in [5.41, 5.74) is 2.99. The molecule has 6 nitrogen and oxygen atoms in total. The van der Waals surface area contributed by atoms with Crippen LogP contribution in [0.25, 0.3) is 21.8 Å². The molecule has 0 bridgehead atoms. The molecule has 0 spiro atoms. The third-order valence-corrected chi connectivity index (χ3v) is 6.29. The number of aromatic nitrogens is 3. The summed E-state index contributed by atoms with van der Waals surface area (Å²) in [5, 5.41) is 1.98. The van der Waals surface area contributed by atoms with Crippen molar-refractivity contribution in [1.29, 1.82) is 0 Å². The Morgan fingerprint density at radius 3 is 2.60 bits per heavy atom. The van der Waals surface area contributed by atoms with E-state index in [9.17, 15) is 9.59 Å². The molecule has 0 atom stereocenters. The number of halogens is 1. The van der Waals surface area contributed by atoms with Crippen LogP contribution in [-0.2, 0) is 13.1 Å². The zero-order valence-corrected chi connectivity index (χ0v) is 20.1. The number of carbonyl (C=O) groups is 1. The van der Waals surface area contributed by atoms with Gasteiger partial charge in [-0.05, 0) is 42.3 Å². The molecule has 176 valence electrons. The maximum atomic E-state index is 13.9. The van der Waals surface area contributed by atoms with Gasteiger partial charge in [-0.15, -0.1) is 0 Å². The third kappa shape index (κ3) is 4.70. The van der Waals surface area contributed by atoms with Crippen molar-refractivity contribution >= 4 is 39.3 Å². The molecule has 3 aromatic carbocycles. The molecule has 0 saturated carbocycles. The zero-order valence-electron chi connectivity index (χ0n) is 19.4. The highest BCUT2D eigenvalue weighted by Crippen LogP contribution is 2.23. The average Bonchev–Trinajstić information content (AvgIpc) is 3.22. The van der Waals surface area contributed by atoms with E-state index in [0.29, 0.717) is 40.5 Å². The molecule has 2 aromatic heterocycles. The largest absolute Gasteiger partial charge is 0.332 e. The van der Waals surface area contributed by atoms with Crippen LogP contribution in [0.4, 0.5) is 0 Å². The number of carbonyl (C=O) groups excluding carboxylic acids is 1. The molecule has 2 heterocycles. The Hall–Kier alpha value is -3.90. The van der Waals surface area contributed by atoms with Gasteiger partial charge in [-0.2, -0.15) is 0 Å². The fraction of sp³-hybridized carbons (Fsp3) is 0.179. The van der Waals surface area contributed by atoms with Crippen LogP contribution in [0.3, 0.4) is 0 Å². The van der Waals surface area contributed by atoms with Crippen molar-refractivity contribution in [2.45, 2.75) is 26.4 Å². The molecule has 35 heavy (non-hydrogen) atoms. The molecule has 1 N–H and O–H groups in total. The molecule has 0 aliphatic rings. The summed E-state index contributed by atoms with van der Waals surface area (Å²) in [6.45, 7) is 3.33. The molecule has 5 rings (SSSR count). The number of fused-ring (bicyclic) bond motifs is 2. The van der Waals surface area contributed by atoms with Crippen LogP contribution in [0.1, 0.15) is 35.2 Å². The molecule has 0 aliphatic carbocycles. The summed E-state index contributed by atoms with van der Waals surface area (Å²) in [6.07, 6.45) is 0.772. The Morgan fingerprint density at radius 2 is 1.80 bits per heavy atom. The Balaban J connectivity index is 1.53. The molecule has 0 radical (unpaired) electrons. The maximum Gasteiger partial charge on any atom is 0.270 e. The number of hydrogen-bond acceptors (Lipinski definition) is 3. The van der Waals surface area contributed by atoms with E-state index in [4.69, 9.17) is 11.6 Å². The Kier molecular flexibility index (Phi) is 6.38. The number of rotatable bonds is 7. The molecular weight excluding hydrogens is 460 g/mol. The number of para-hydroxylation sites is 1. The van der Waals surface area contributed by atoms with E-state index in [1.54, 1.807) is 23.1 Å². The van der Waals surface area contributed by atoms with E-state index >= 15 is 0 Å². The monoisotopic (exact) mass is 484 g/mol. The third-order valence-electron chi connectivity index (χ3n) is 6.05. The van der Waals surface area contributed by atoms with Gasteiger partial charge in [0.1, 0.15) is 11.5 Å². The fourth-order valence-electron chi connectivity index (χ4n) is 4.42. The normalized spacial score (nSPS) is 11.3. The summed E-state index contributed by atoms with van der Waals surface area (Å²) >= 11 is 6.11. The van der Waals surface area contributed by atoms with Crippen LogP contribution in [0.2, 0.25) is 5.02 Å². The second kappa shape index (κ2) is 9.76. The first kappa shape index (κ1) is 22.9. The maximum absolute atomic E-state index is 13.9. The topological polar surface area (TPSA) is 71.0 Å². The van der Waals surface area contributed by atoms with Gasteiger partial charge in [0, 0.05) is 29.0 Å². The van der Waals surface area contributed by atoms with Crippen LogP contribution >= 0.6 is 11.6 Å². The molecule has 7 heteroatoms. The first-order chi connectivity index (χ1) is 17.0. The van der Waals surface area contributed by atoms with Gasteiger partial charge in [-0.1, -0.05) is 67.1 Å². The van der Waals surface area contributed by atoms with Gasteiger partial charge in [0.2, 0.25) is 0 Å². The lowest BCUT2D eigenvalue weighted by Gasteiger charge is -2.23. The SMILES string of the molecule is CCCN(Cc1nc2cc(Cl)ccc2c(=O)[nH]1)C(=O)c1cc2ccccc2n1Cc1ccccc1. The molecule has 0 aliphatic heterocycles. The number of hydrogen-bond donors (Lipinski definition) is 1. The van der Waals surface area contributed by atoms with E-state index in [1.165, 1.54) is 0 Å². The minimum Gasteiger partial charge on any atom is -0.332 e. The van der Waals surface area contributed by atoms with Crippen LogP contribution in [0.5, 0.6) is 0 Å². The Labute approximate surface area is 207 Å². The number of amides is 1. The number of nitrogens with zero attached hydrogens (tertiary/aromatic N) is 3. The first-order valence-corrected chi connectivity index (χ1v) is 12.0. The lowest BCUT2D eigenvalue weighted by molar-refractivity contribution is 0.0729. The van der Waals surface area contributed by atoms with Crippen molar-refractivity contribution in [2.75, 3.05) is 6.54 Å². The van der Waals surface area contributed by atoms with Crippen LogP contribution in [0.15, 0.2) is 83.7 Å². The van der Waals surface area contributed by atoms with Gasteiger partial charge < -0.3 is 14.5 Å². The van der Waals surface area contributed by atoms with Gasteiger partial charge in [0.25, 0.3) is 11.5 Å². The molecule has 1 amide bonds. The Morgan fingerprint density at radius 1 is 1.03 bits per heavy atom. The summed E-state index contributed by atoms with van der Waals surface area (Å²) in [7, 11) is 0. The van der Waals surface area contributed by atoms with E-state index < -0.39 is 0 Å². The predicted molar refractivity (Wildman–Crippen MR) is 140 cm³/mol. The van der Waals surface area contributed by atoms with E-state index in [0.717, 1.165) is 22.9 Å². The number of benzene rings is 3. The molecule has 5 aromatic rings. The van der Waals surface area contributed by atoms with Crippen molar-refractivity contribution in [3.05, 3.63) is 111 Å². The van der Waals surface area contributed by atoms with Crippen LogP contribution < -0.4 is 5.56 Å². The van der Waals surface area contributed by atoms with Gasteiger partial charge in [0.05, 0.1) is 17.4 Å². The highest BCUT2D eigenvalue weighted by Gasteiger charge is 2.22. The van der Waals surface area contributed by atoms with Crippen molar-refractivity contribution in [2.24, 2.45) is 0 Å². The van der Waals surface area contributed by atoms with Gasteiger partial charge in [0.15, 0.2) is 0 Å². The van der Waals surface area contributed by atoms with Gasteiger partial charge in [-0.3, -0.25) is 9.59 Å². The predicted octanol–water partition coefficient (Wildman–Crippen LogP) is 5.63. The molecule has 0 unspecified atom stereocenters. The summed E-state index contributed by atoms with van der Waals surface area (Å²) in [4.78, 5) is 35.7. The molecule has 0 fully saturated rings. The standard InChI is InChI=1S/C28H25ClN4O2/c1-2-14-32(18-26-30-23-16-21(29)12-13-22(23)27(34)31-26)28(35)25-15-20-10-6-7-11-24(20)33(25)17-19-8-4-3-5-9-19/h3-13,15-16H,2,14,17-18H2,1H3,(H,30,31,34).